The van der Waals surface area contributed by atoms with Gasteiger partial charge in [0.05, 0.1) is 6.42 Å². The Morgan fingerprint density at radius 2 is 2.00 bits per heavy atom. The van der Waals surface area contributed by atoms with Crippen LogP contribution in [0.15, 0.2) is 28.8 Å². The van der Waals surface area contributed by atoms with Crippen LogP contribution < -0.4 is 0 Å². The van der Waals surface area contributed by atoms with E-state index in [0.29, 0.717) is 15.6 Å². The minimum atomic E-state index is -0.966. The Kier molecular flexibility index (Phi) is 5.60. The molecule has 0 saturated heterocycles. The monoisotopic (exact) mass is 312 g/mol. The summed E-state index contributed by atoms with van der Waals surface area (Å²) in [5, 5.41) is 9.68. The molecular weight excluding hydrogens is 306 g/mol. The molecular formula is C11H8Cl4O2. The highest BCUT2D eigenvalue weighted by Crippen LogP contribution is 2.32. The van der Waals surface area contributed by atoms with Crippen molar-refractivity contribution in [1.82, 2.24) is 0 Å². The first-order valence-electron chi connectivity index (χ1n) is 4.59. The molecule has 0 fully saturated rings. The minimum Gasteiger partial charge on any atom is -0.481 e. The zero-order valence-electron chi connectivity index (χ0n) is 8.46. The molecule has 0 bridgehead atoms. The van der Waals surface area contributed by atoms with Gasteiger partial charge in [0.15, 0.2) is 0 Å². The Balaban J connectivity index is 3.12. The summed E-state index contributed by atoms with van der Waals surface area (Å²) < 4.78 is 0.00210. The largest absolute Gasteiger partial charge is 0.481 e. The summed E-state index contributed by atoms with van der Waals surface area (Å²) in [7, 11) is 0. The van der Waals surface area contributed by atoms with Crippen molar-refractivity contribution in [3.8, 4) is 0 Å². The van der Waals surface area contributed by atoms with Crippen molar-refractivity contribution in [2.24, 2.45) is 0 Å². The predicted molar refractivity (Wildman–Crippen MR) is 71.2 cm³/mol. The van der Waals surface area contributed by atoms with Gasteiger partial charge in [-0.3, -0.25) is 4.79 Å². The smallest absolute Gasteiger partial charge is 0.304 e. The van der Waals surface area contributed by atoms with Gasteiger partial charge in [0, 0.05) is 16.0 Å². The van der Waals surface area contributed by atoms with Crippen molar-refractivity contribution >= 4 is 52.4 Å². The lowest BCUT2D eigenvalue weighted by Crippen LogP contribution is -2.05. The highest BCUT2D eigenvalue weighted by Gasteiger charge is 2.17. The number of hydrogen-bond donors (Lipinski definition) is 1. The average Bonchev–Trinajstić information content (AvgIpc) is 2.14. The molecule has 1 aromatic carbocycles. The van der Waals surface area contributed by atoms with Gasteiger partial charge < -0.3 is 5.11 Å². The molecule has 0 radical (unpaired) electrons. The highest BCUT2D eigenvalue weighted by molar-refractivity contribution is 6.55. The van der Waals surface area contributed by atoms with Crippen molar-refractivity contribution in [2.75, 3.05) is 0 Å². The van der Waals surface area contributed by atoms with Crippen molar-refractivity contribution in [3.63, 3.8) is 0 Å². The molecule has 0 heterocycles. The first kappa shape index (κ1) is 14.7. The summed E-state index contributed by atoms with van der Waals surface area (Å²) in [6.07, 6.45) is 1.29. The maximum absolute atomic E-state index is 10.8. The lowest BCUT2D eigenvalue weighted by atomic mass is 9.96. The van der Waals surface area contributed by atoms with Crippen LogP contribution >= 0.6 is 46.4 Å². The summed E-state index contributed by atoms with van der Waals surface area (Å²) in [6, 6.07) is 4.84. The van der Waals surface area contributed by atoms with Gasteiger partial charge in [0.2, 0.25) is 0 Å². The van der Waals surface area contributed by atoms with Crippen LogP contribution in [0, 0.1) is 0 Å². The third-order valence-corrected chi connectivity index (χ3v) is 2.90. The second-order valence-corrected chi connectivity index (χ2v) is 5.18. The maximum Gasteiger partial charge on any atom is 0.304 e. The standard InChI is InChI=1S/C11H8Cl4O2/c12-7-1-2-8(9(13)5-7)6(3-10(14)15)4-11(16)17/h1-3,5-6H,4H2,(H,16,17). The number of carbonyl (C=O) groups is 1. The third kappa shape index (κ3) is 4.76. The lowest BCUT2D eigenvalue weighted by Gasteiger charge is -2.13. The van der Waals surface area contributed by atoms with E-state index < -0.39 is 11.9 Å². The van der Waals surface area contributed by atoms with E-state index in [2.05, 4.69) is 0 Å². The minimum absolute atomic E-state index is 0.00210. The molecule has 2 nitrogen and oxygen atoms in total. The fourth-order valence-electron chi connectivity index (χ4n) is 1.40. The van der Waals surface area contributed by atoms with E-state index in [-0.39, 0.29) is 10.9 Å². The van der Waals surface area contributed by atoms with Gasteiger partial charge >= 0.3 is 5.97 Å². The van der Waals surface area contributed by atoms with Crippen LogP contribution in [-0.2, 0) is 4.79 Å². The van der Waals surface area contributed by atoms with Gasteiger partial charge in [-0.25, -0.2) is 0 Å². The number of allylic oxidation sites excluding steroid dienone is 1. The van der Waals surface area contributed by atoms with E-state index in [1.54, 1.807) is 18.2 Å². The second-order valence-electron chi connectivity index (χ2n) is 3.33. The first-order valence-corrected chi connectivity index (χ1v) is 6.11. The molecule has 1 aromatic rings. The molecule has 0 aliphatic carbocycles. The SMILES string of the molecule is O=C(O)CC(C=C(Cl)Cl)c1ccc(Cl)cc1Cl. The average molecular weight is 314 g/mol. The number of carboxylic acid groups (broad SMARTS) is 1. The van der Waals surface area contributed by atoms with Crippen molar-refractivity contribution < 1.29 is 9.90 Å². The predicted octanol–water partition coefficient (Wildman–Crippen LogP) is 4.87. The molecule has 1 rings (SSSR count). The van der Waals surface area contributed by atoms with Gasteiger partial charge in [0.1, 0.15) is 4.49 Å². The van der Waals surface area contributed by atoms with Crippen molar-refractivity contribution in [3.05, 3.63) is 44.4 Å². The maximum atomic E-state index is 10.8. The zero-order valence-corrected chi connectivity index (χ0v) is 11.5. The molecule has 0 amide bonds. The van der Waals surface area contributed by atoms with Crippen LogP contribution in [0.25, 0.3) is 0 Å². The number of hydrogen-bond acceptors (Lipinski definition) is 1. The van der Waals surface area contributed by atoms with Crippen molar-refractivity contribution in [2.45, 2.75) is 12.3 Å². The van der Waals surface area contributed by atoms with Gasteiger partial charge in [-0.05, 0) is 23.8 Å². The Morgan fingerprint density at radius 3 is 2.47 bits per heavy atom. The normalized spacial score (nSPS) is 12.0. The molecule has 17 heavy (non-hydrogen) atoms. The van der Waals surface area contributed by atoms with Crippen molar-refractivity contribution in [1.29, 1.82) is 0 Å². The van der Waals surface area contributed by atoms with E-state index in [1.807, 2.05) is 0 Å². The van der Waals surface area contributed by atoms with E-state index in [4.69, 9.17) is 51.5 Å². The molecule has 0 saturated carbocycles. The molecule has 0 aliphatic heterocycles. The van der Waals surface area contributed by atoms with Gasteiger partial charge in [-0.2, -0.15) is 0 Å². The molecule has 0 aromatic heterocycles. The van der Waals surface area contributed by atoms with Crippen LogP contribution in [0.5, 0.6) is 0 Å². The topological polar surface area (TPSA) is 37.3 Å². The van der Waals surface area contributed by atoms with Crippen LogP contribution in [0.2, 0.25) is 10.0 Å². The lowest BCUT2D eigenvalue weighted by molar-refractivity contribution is -0.137. The van der Waals surface area contributed by atoms with Crippen LogP contribution in [-0.4, -0.2) is 11.1 Å². The molecule has 1 atom stereocenters. The molecule has 92 valence electrons. The van der Waals surface area contributed by atoms with E-state index in [0.717, 1.165) is 0 Å². The van der Waals surface area contributed by atoms with E-state index in [1.165, 1.54) is 6.08 Å². The number of carboxylic acids is 1. The summed E-state index contributed by atoms with van der Waals surface area (Å²) >= 11 is 22.9. The Morgan fingerprint density at radius 1 is 1.35 bits per heavy atom. The second kappa shape index (κ2) is 6.50. The Hall–Kier alpha value is -0.410. The Bertz CT molecular complexity index is 453. The van der Waals surface area contributed by atoms with Crippen LogP contribution in [0.4, 0.5) is 0 Å². The number of aliphatic carboxylic acids is 1. The fraction of sp³-hybridized carbons (Fsp3) is 0.182. The molecule has 1 unspecified atom stereocenters. The summed E-state index contributed by atoms with van der Waals surface area (Å²) in [5.41, 5.74) is 0.622. The molecule has 0 spiro atoms. The molecule has 6 heteroatoms. The number of benzene rings is 1. The summed E-state index contributed by atoms with van der Waals surface area (Å²) in [5.74, 6) is -1.45. The van der Waals surface area contributed by atoms with Crippen LogP contribution in [0.3, 0.4) is 0 Å². The number of halogens is 4. The zero-order chi connectivity index (χ0) is 13.0. The van der Waals surface area contributed by atoms with E-state index in [9.17, 15) is 4.79 Å². The van der Waals surface area contributed by atoms with Gasteiger partial charge in [-0.15, -0.1) is 0 Å². The fourth-order valence-corrected chi connectivity index (χ4v) is 2.25. The number of rotatable bonds is 4. The van der Waals surface area contributed by atoms with Crippen LogP contribution in [0.1, 0.15) is 17.9 Å². The quantitative estimate of drug-likeness (QED) is 0.861. The summed E-state index contributed by atoms with van der Waals surface area (Å²) in [4.78, 5) is 10.8. The molecule has 1 N–H and O–H groups in total. The Labute approximate surface area is 119 Å². The first-order chi connectivity index (χ1) is 7.90. The third-order valence-electron chi connectivity index (χ3n) is 2.08. The summed E-state index contributed by atoms with van der Waals surface area (Å²) in [6.45, 7) is 0. The van der Waals surface area contributed by atoms with Gasteiger partial charge in [0.25, 0.3) is 0 Å². The molecule has 0 aliphatic rings. The highest BCUT2D eigenvalue weighted by atomic mass is 35.5. The van der Waals surface area contributed by atoms with E-state index >= 15 is 0 Å². The van der Waals surface area contributed by atoms with Gasteiger partial charge in [-0.1, -0.05) is 52.5 Å².